The molecule has 3 aromatic rings. The Labute approximate surface area is 138 Å². The lowest BCUT2D eigenvalue weighted by atomic mass is 9.90. The van der Waals surface area contributed by atoms with Gasteiger partial charge in [-0.25, -0.2) is 4.98 Å². The Morgan fingerprint density at radius 2 is 1.45 bits per heavy atom. The zero-order valence-corrected chi connectivity index (χ0v) is 13.0. The third-order valence-electron chi connectivity index (χ3n) is 3.93. The van der Waals surface area contributed by atoms with Gasteiger partial charge in [0, 0.05) is 22.4 Å². The summed E-state index contributed by atoms with van der Waals surface area (Å²) in [5.41, 5.74) is 1.58. The molecule has 1 fully saturated rings. The average molecular weight is 331 g/mol. The molecule has 110 valence electrons. The first kappa shape index (κ1) is 13.8. The monoisotopic (exact) mass is 330 g/mol. The molecule has 4 rings (SSSR count). The lowest BCUT2D eigenvalue weighted by Crippen LogP contribution is -2.14. The van der Waals surface area contributed by atoms with E-state index in [0.29, 0.717) is 10.0 Å². The fourth-order valence-electron chi connectivity index (χ4n) is 2.80. The molecule has 0 bridgehead atoms. The highest BCUT2D eigenvalue weighted by Gasteiger charge is 2.60. The summed E-state index contributed by atoms with van der Waals surface area (Å²) in [5.74, 6) is 0. The van der Waals surface area contributed by atoms with Crippen molar-refractivity contribution in [2.45, 2.75) is 11.8 Å². The van der Waals surface area contributed by atoms with E-state index < -0.39 is 5.60 Å². The van der Waals surface area contributed by atoms with Crippen molar-refractivity contribution in [3.05, 3.63) is 88.4 Å². The maximum atomic E-state index is 6.14. The minimum atomic E-state index is -0.532. The topological polar surface area (TPSA) is 30.4 Å². The normalized spacial score (nSPS) is 19.1. The molecule has 0 saturated carbocycles. The van der Waals surface area contributed by atoms with Gasteiger partial charge in [0.25, 0.3) is 0 Å². The fourth-order valence-corrected chi connectivity index (χ4v) is 3.06. The van der Waals surface area contributed by atoms with Crippen LogP contribution in [0.2, 0.25) is 10.0 Å². The lowest BCUT2D eigenvalue weighted by molar-refractivity contribution is 0.304. The lowest BCUT2D eigenvalue weighted by Gasteiger charge is -2.14. The molecule has 2 aromatic carbocycles. The van der Waals surface area contributed by atoms with Gasteiger partial charge in [0.15, 0.2) is 11.8 Å². The highest BCUT2D eigenvalue weighted by Crippen LogP contribution is 2.58. The van der Waals surface area contributed by atoms with Crippen molar-refractivity contribution in [2.75, 3.05) is 0 Å². The molecule has 1 aromatic heterocycles. The molecule has 1 aliphatic heterocycles. The number of imidazole rings is 1. The van der Waals surface area contributed by atoms with Crippen molar-refractivity contribution >= 4 is 23.2 Å². The van der Waals surface area contributed by atoms with Crippen LogP contribution in [0.15, 0.2) is 67.3 Å². The summed E-state index contributed by atoms with van der Waals surface area (Å²) in [5, 5.41) is 1.41. The first-order chi connectivity index (χ1) is 10.7. The van der Waals surface area contributed by atoms with Gasteiger partial charge in [-0.2, -0.15) is 0 Å². The Bertz CT molecular complexity index is 737. The minimum absolute atomic E-state index is 0.127. The van der Waals surface area contributed by atoms with Crippen LogP contribution in [0.3, 0.4) is 0 Å². The van der Waals surface area contributed by atoms with Crippen LogP contribution in [-0.4, -0.2) is 9.55 Å². The molecule has 1 aliphatic rings. The van der Waals surface area contributed by atoms with Crippen LogP contribution in [-0.2, 0) is 10.3 Å². The number of benzene rings is 2. The van der Waals surface area contributed by atoms with E-state index in [-0.39, 0.29) is 6.23 Å². The molecule has 0 aliphatic carbocycles. The molecule has 5 heteroatoms. The number of nitrogens with zero attached hydrogens (tertiary/aromatic N) is 2. The number of hydrogen-bond donors (Lipinski definition) is 0. The predicted octanol–water partition coefficient (Wildman–Crippen LogP) is 4.66. The van der Waals surface area contributed by atoms with Crippen LogP contribution in [0.25, 0.3) is 0 Å². The van der Waals surface area contributed by atoms with Gasteiger partial charge < -0.3 is 9.30 Å². The fraction of sp³-hybridized carbons (Fsp3) is 0.118. The van der Waals surface area contributed by atoms with E-state index in [1.54, 1.807) is 12.5 Å². The summed E-state index contributed by atoms with van der Waals surface area (Å²) in [7, 11) is 0. The van der Waals surface area contributed by atoms with E-state index in [9.17, 15) is 0 Å². The molecule has 0 amide bonds. The van der Waals surface area contributed by atoms with E-state index in [0.717, 1.165) is 11.1 Å². The third kappa shape index (κ3) is 2.13. The molecule has 3 nitrogen and oxygen atoms in total. The SMILES string of the molecule is Clc1ccc(C2(c3ccc(Cl)cc3)OC2n2ccnc2)cc1. The van der Waals surface area contributed by atoms with Crippen LogP contribution in [0.4, 0.5) is 0 Å². The van der Waals surface area contributed by atoms with Gasteiger partial charge in [0.1, 0.15) is 0 Å². The molecule has 1 saturated heterocycles. The molecule has 0 spiro atoms. The van der Waals surface area contributed by atoms with Crippen molar-refractivity contribution < 1.29 is 4.74 Å². The number of hydrogen-bond acceptors (Lipinski definition) is 2. The molecule has 1 atom stereocenters. The largest absolute Gasteiger partial charge is 0.333 e. The van der Waals surface area contributed by atoms with Gasteiger partial charge >= 0.3 is 0 Å². The summed E-state index contributed by atoms with van der Waals surface area (Å²) < 4.78 is 8.10. The van der Waals surface area contributed by atoms with E-state index in [1.807, 2.05) is 59.3 Å². The second-order valence-corrected chi connectivity index (χ2v) is 6.10. The van der Waals surface area contributed by atoms with E-state index in [2.05, 4.69) is 4.98 Å². The summed E-state index contributed by atoms with van der Waals surface area (Å²) in [4.78, 5) is 4.11. The Kier molecular flexibility index (Phi) is 3.22. The summed E-state index contributed by atoms with van der Waals surface area (Å²) in [6.07, 6.45) is 5.28. The van der Waals surface area contributed by atoms with E-state index in [4.69, 9.17) is 27.9 Å². The molecule has 1 unspecified atom stereocenters. The van der Waals surface area contributed by atoms with Gasteiger partial charge in [-0.05, 0) is 35.4 Å². The Morgan fingerprint density at radius 3 is 1.91 bits per heavy atom. The van der Waals surface area contributed by atoms with Crippen LogP contribution < -0.4 is 0 Å². The number of halogens is 2. The molecular weight excluding hydrogens is 319 g/mol. The highest BCUT2D eigenvalue weighted by molar-refractivity contribution is 6.30. The molecular formula is C17H12Cl2N2O. The van der Waals surface area contributed by atoms with Crippen molar-refractivity contribution in [1.29, 1.82) is 0 Å². The van der Waals surface area contributed by atoms with Crippen LogP contribution in [0.5, 0.6) is 0 Å². The third-order valence-corrected chi connectivity index (χ3v) is 4.43. The number of aromatic nitrogens is 2. The Morgan fingerprint density at radius 1 is 0.909 bits per heavy atom. The second kappa shape index (κ2) is 5.13. The van der Waals surface area contributed by atoms with Crippen molar-refractivity contribution in [1.82, 2.24) is 9.55 Å². The second-order valence-electron chi connectivity index (χ2n) is 5.23. The van der Waals surface area contributed by atoms with E-state index in [1.165, 1.54) is 0 Å². The Hall–Kier alpha value is -1.81. The zero-order valence-electron chi connectivity index (χ0n) is 11.5. The summed E-state index contributed by atoms with van der Waals surface area (Å²) in [6, 6.07) is 15.5. The standard InChI is InChI=1S/C17H12Cl2N2O/c18-14-5-1-12(2-6-14)17(13-3-7-15(19)8-4-13)16(22-17)21-10-9-20-11-21/h1-11,16H. The van der Waals surface area contributed by atoms with Crippen molar-refractivity contribution in [2.24, 2.45) is 0 Å². The smallest absolute Gasteiger partial charge is 0.174 e. The Balaban J connectivity index is 1.83. The molecule has 2 heterocycles. The van der Waals surface area contributed by atoms with Crippen LogP contribution in [0.1, 0.15) is 17.4 Å². The first-order valence-corrected chi connectivity index (χ1v) is 7.63. The number of epoxide rings is 1. The molecule has 0 N–H and O–H groups in total. The summed E-state index contributed by atoms with van der Waals surface area (Å²) >= 11 is 12.0. The quantitative estimate of drug-likeness (QED) is 0.653. The number of ether oxygens (including phenoxy) is 1. The predicted molar refractivity (Wildman–Crippen MR) is 86.0 cm³/mol. The average Bonchev–Trinajstić information content (AvgIpc) is 3.04. The summed E-state index contributed by atoms with van der Waals surface area (Å²) in [6.45, 7) is 0. The van der Waals surface area contributed by atoms with E-state index >= 15 is 0 Å². The van der Waals surface area contributed by atoms with Crippen LogP contribution >= 0.6 is 23.2 Å². The van der Waals surface area contributed by atoms with Gasteiger partial charge in [0.2, 0.25) is 0 Å². The maximum Gasteiger partial charge on any atom is 0.174 e. The molecule has 0 radical (unpaired) electrons. The van der Waals surface area contributed by atoms with Crippen molar-refractivity contribution in [3.8, 4) is 0 Å². The number of rotatable bonds is 3. The van der Waals surface area contributed by atoms with Gasteiger partial charge in [0.05, 0.1) is 6.33 Å². The van der Waals surface area contributed by atoms with Crippen molar-refractivity contribution in [3.63, 3.8) is 0 Å². The molecule has 22 heavy (non-hydrogen) atoms. The van der Waals surface area contributed by atoms with Crippen LogP contribution in [0, 0.1) is 0 Å². The highest BCUT2D eigenvalue weighted by atomic mass is 35.5. The first-order valence-electron chi connectivity index (χ1n) is 6.87. The van der Waals surface area contributed by atoms with Gasteiger partial charge in [-0.3, -0.25) is 0 Å². The maximum absolute atomic E-state index is 6.14. The minimum Gasteiger partial charge on any atom is -0.333 e. The van der Waals surface area contributed by atoms with Gasteiger partial charge in [-0.1, -0.05) is 47.5 Å². The zero-order chi connectivity index (χ0) is 15.2. The van der Waals surface area contributed by atoms with Gasteiger partial charge in [-0.15, -0.1) is 0 Å².